The molecule has 1 saturated carbocycles. The van der Waals surface area contributed by atoms with Gasteiger partial charge in [-0.15, -0.1) is 15.3 Å². The summed E-state index contributed by atoms with van der Waals surface area (Å²) in [7, 11) is 0. The first-order valence-electron chi connectivity index (χ1n) is 4.83. The third-order valence-electron chi connectivity index (χ3n) is 2.25. The lowest BCUT2D eigenvalue weighted by Gasteiger charge is -1.94. The number of amides is 1. The fourth-order valence-electron chi connectivity index (χ4n) is 1.30. The van der Waals surface area contributed by atoms with Crippen LogP contribution in [0.15, 0.2) is 5.51 Å². The lowest BCUT2D eigenvalue weighted by Crippen LogP contribution is -2.13. The zero-order valence-electron chi connectivity index (χ0n) is 8.17. The maximum atomic E-state index is 11.7. The SMILES string of the molecule is O=C(Nc1nncs1)c1n[nH]c(C2CC2)n1. The predicted octanol–water partition coefficient (Wildman–Crippen LogP) is 0.786. The van der Waals surface area contributed by atoms with Crippen molar-refractivity contribution in [3.63, 3.8) is 0 Å². The standard InChI is InChI=1S/C8H8N6OS/c15-7(11-8-14-9-3-16-8)6-10-5(12-13-6)4-1-2-4/h3-4H,1-2H2,(H,10,12,13)(H,11,14,15). The molecular formula is C8H8N6OS. The first-order valence-corrected chi connectivity index (χ1v) is 5.71. The minimum Gasteiger partial charge on any atom is -0.294 e. The van der Waals surface area contributed by atoms with E-state index in [1.807, 2.05) is 0 Å². The van der Waals surface area contributed by atoms with E-state index < -0.39 is 0 Å². The highest BCUT2D eigenvalue weighted by Crippen LogP contribution is 2.37. The van der Waals surface area contributed by atoms with Crippen molar-refractivity contribution in [3.8, 4) is 0 Å². The number of H-pyrrole nitrogens is 1. The first-order chi connectivity index (χ1) is 7.83. The van der Waals surface area contributed by atoms with Crippen molar-refractivity contribution in [2.75, 3.05) is 5.32 Å². The topological polar surface area (TPSA) is 96.5 Å². The Morgan fingerprint density at radius 1 is 1.56 bits per heavy atom. The summed E-state index contributed by atoms with van der Waals surface area (Å²) in [4.78, 5) is 15.8. The van der Waals surface area contributed by atoms with Crippen LogP contribution in [0.3, 0.4) is 0 Å². The minimum atomic E-state index is -0.361. The Bertz CT molecular complexity index is 502. The predicted molar refractivity (Wildman–Crippen MR) is 56.2 cm³/mol. The summed E-state index contributed by atoms with van der Waals surface area (Å²) >= 11 is 1.25. The summed E-state index contributed by atoms with van der Waals surface area (Å²) in [6.45, 7) is 0. The van der Waals surface area contributed by atoms with Crippen molar-refractivity contribution in [3.05, 3.63) is 17.2 Å². The number of anilines is 1. The molecule has 2 heterocycles. The van der Waals surface area contributed by atoms with Gasteiger partial charge in [0.1, 0.15) is 11.3 Å². The molecule has 0 spiro atoms. The third kappa shape index (κ3) is 1.78. The number of hydrogen-bond donors (Lipinski definition) is 2. The van der Waals surface area contributed by atoms with Gasteiger partial charge < -0.3 is 0 Å². The molecule has 8 heteroatoms. The number of carbonyl (C=O) groups excluding carboxylic acids is 1. The molecule has 2 aromatic rings. The Hall–Kier alpha value is -1.83. The molecule has 1 amide bonds. The molecule has 7 nitrogen and oxygen atoms in total. The van der Waals surface area contributed by atoms with Gasteiger partial charge in [-0.1, -0.05) is 11.3 Å². The van der Waals surface area contributed by atoms with Crippen LogP contribution >= 0.6 is 11.3 Å². The molecule has 0 aliphatic heterocycles. The average molecular weight is 236 g/mol. The van der Waals surface area contributed by atoms with E-state index in [0.29, 0.717) is 11.0 Å². The van der Waals surface area contributed by atoms with E-state index in [4.69, 9.17) is 0 Å². The Kier molecular flexibility index (Phi) is 2.13. The second-order valence-corrected chi connectivity index (χ2v) is 4.35. The third-order valence-corrected chi connectivity index (χ3v) is 2.86. The van der Waals surface area contributed by atoms with E-state index >= 15 is 0 Å². The number of carbonyl (C=O) groups is 1. The highest BCUT2D eigenvalue weighted by atomic mass is 32.1. The van der Waals surface area contributed by atoms with Crippen LogP contribution in [0, 0.1) is 0 Å². The van der Waals surface area contributed by atoms with Crippen LogP contribution in [0.1, 0.15) is 35.2 Å². The monoisotopic (exact) mass is 236 g/mol. The zero-order valence-corrected chi connectivity index (χ0v) is 8.99. The normalized spacial score (nSPS) is 15.0. The Balaban J connectivity index is 1.73. The smallest absolute Gasteiger partial charge is 0.294 e. The summed E-state index contributed by atoms with van der Waals surface area (Å²) in [6.07, 6.45) is 2.24. The van der Waals surface area contributed by atoms with Gasteiger partial charge in [-0.3, -0.25) is 15.2 Å². The van der Waals surface area contributed by atoms with Gasteiger partial charge in [0.15, 0.2) is 0 Å². The molecule has 1 fully saturated rings. The second kappa shape index (κ2) is 3.63. The lowest BCUT2D eigenvalue weighted by molar-refractivity contribution is 0.101. The van der Waals surface area contributed by atoms with Crippen LogP contribution in [-0.4, -0.2) is 31.3 Å². The van der Waals surface area contributed by atoms with Gasteiger partial charge in [-0.25, -0.2) is 4.98 Å². The Morgan fingerprint density at radius 3 is 3.12 bits per heavy atom. The molecule has 1 aliphatic rings. The molecule has 16 heavy (non-hydrogen) atoms. The fourth-order valence-corrected chi connectivity index (χ4v) is 1.74. The molecule has 0 radical (unpaired) electrons. The number of aromatic amines is 1. The van der Waals surface area contributed by atoms with Crippen molar-refractivity contribution < 1.29 is 4.79 Å². The van der Waals surface area contributed by atoms with Crippen molar-refractivity contribution in [2.24, 2.45) is 0 Å². The van der Waals surface area contributed by atoms with E-state index in [2.05, 4.69) is 30.7 Å². The number of aromatic nitrogens is 5. The molecule has 82 valence electrons. The molecule has 2 N–H and O–H groups in total. The molecule has 0 aromatic carbocycles. The second-order valence-electron chi connectivity index (χ2n) is 3.52. The zero-order chi connectivity index (χ0) is 11.0. The summed E-state index contributed by atoms with van der Waals surface area (Å²) in [6, 6.07) is 0. The lowest BCUT2D eigenvalue weighted by atomic mass is 10.4. The van der Waals surface area contributed by atoms with E-state index in [1.165, 1.54) is 11.3 Å². The number of nitrogens with one attached hydrogen (secondary N) is 2. The van der Waals surface area contributed by atoms with Crippen LogP contribution in [0.2, 0.25) is 0 Å². The highest BCUT2D eigenvalue weighted by molar-refractivity contribution is 7.13. The molecule has 3 rings (SSSR count). The van der Waals surface area contributed by atoms with Crippen LogP contribution in [0.4, 0.5) is 5.13 Å². The molecule has 2 aromatic heterocycles. The van der Waals surface area contributed by atoms with Gasteiger partial charge in [0, 0.05) is 5.92 Å². The van der Waals surface area contributed by atoms with Crippen LogP contribution in [0.25, 0.3) is 0 Å². The quantitative estimate of drug-likeness (QED) is 0.821. The summed E-state index contributed by atoms with van der Waals surface area (Å²) in [5, 5.41) is 17.0. The Morgan fingerprint density at radius 2 is 2.44 bits per heavy atom. The van der Waals surface area contributed by atoms with Crippen LogP contribution in [0.5, 0.6) is 0 Å². The summed E-state index contributed by atoms with van der Waals surface area (Å²) < 4.78 is 0. The number of hydrogen-bond acceptors (Lipinski definition) is 6. The Labute approximate surface area is 94.3 Å². The number of rotatable bonds is 3. The molecule has 0 unspecified atom stereocenters. The first kappa shape index (κ1) is 9.40. The molecule has 0 saturated heterocycles. The minimum absolute atomic E-state index is 0.150. The molecule has 1 aliphatic carbocycles. The highest BCUT2D eigenvalue weighted by Gasteiger charge is 2.28. The van der Waals surface area contributed by atoms with Crippen molar-refractivity contribution >= 4 is 22.4 Å². The van der Waals surface area contributed by atoms with E-state index in [1.54, 1.807) is 5.51 Å². The van der Waals surface area contributed by atoms with Gasteiger partial charge >= 0.3 is 0 Å². The largest absolute Gasteiger partial charge is 0.297 e. The van der Waals surface area contributed by atoms with Gasteiger partial charge in [0.2, 0.25) is 11.0 Å². The van der Waals surface area contributed by atoms with Crippen molar-refractivity contribution in [2.45, 2.75) is 18.8 Å². The molecular weight excluding hydrogens is 228 g/mol. The van der Waals surface area contributed by atoms with E-state index in [0.717, 1.165) is 18.7 Å². The van der Waals surface area contributed by atoms with Crippen molar-refractivity contribution in [1.29, 1.82) is 0 Å². The fraction of sp³-hybridized carbons (Fsp3) is 0.375. The van der Waals surface area contributed by atoms with E-state index in [-0.39, 0.29) is 11.7 Å². The average Bonchev–Trinajstić information content (AvgIpc) is 2.82. The van der Waals surface area contributed by atoms with Gasteiger partial charge in [-0.05, 0) is 12.8 Å². The van der Waals surface area contributed by atoms with Crippen LogP contribution in [-0.2, 0) is 0 Å². The summed E-state index contributed by atoms with van der Waals surface area (Å²) in [5.74, 6) is 1.04. The molecule has 0 bridgehead atoms. The number of nitrogens with zero attached hydrogens (tertiary/aromatic N) is 4. The van der Waals surface area contributed by atoms with Crippen molar-refractivity contribution in [1.82, 2.24) is 25.4 Å². The van der Waals surface area contributed by atoms with Crippen LogP contribution < -0.4 is 5.32 Å². The molecule has 0 atom stereocenters. The maximum Gasteiger partial charge on any atom is 0.297 e. The van der Waals surface area contributed by atoms with Gasteiger partial charge in [-0.2, -0.15) is 0 Å². The van der Waals surface area contributed by atoms with Gasteiger partial charge in [0.25, 0.3) is 5.91 Å². The maximum absolute atomic E-state index is 11.7. The van der Waals surface area contributed by atoms with E-state index in [9.17, 15) is 4.79 Å². The van der Waals surface area contributed by atoms with Gasteiger partial charge in [0.05, 0.1) is 0 Å². The summed E-state index contributed by atoms with van der Waals surface area (Å²) in [5.41, 5.74) is 1.54.